The van der Waals surface area contributed by atoms with E-state index in [2.05, 4.69) is 72.8 Å². The highest BCUT2D eigenvalue weighted by Crippen LogP contribution is 2.39. The van der Waals surface area contributed by atoms with E-state index in [1.165, 1.54) is 12.1 Å². The lowest BCUT2D eigenvalue weighted by atomic mass is 9.95. The van der Waals surface area contributed by atoms with Gasteiger partial charge in [-0.15, -0.1) is 0 Å². The summed E-state index contributed by atoms with van der Waals surface area (Å²) in [6, 6.07) is 53.7. The minimum atomic E-state index is -0.317. The predicted octanol–water partition coefficient (Wildman–Crippen LogP) is 11.9. The van der Waals surface area contributed by atoms with Gasteiger partial charge in [0.15, 0.2) is 23.1 Å². The van der Waals surface area contributed by atoms with Crippen LogP contribution in [-0.2, 0) is 0 Å². The van der Waals surface area contributed by atoms with Crippen molar-refractivity contribution in [2.75, 3.05) is 0 Å². The van der Waals surface area contributed by atoms with Gasteiger partial charge in [0, 0.05) is 33.0 Å². The van der Waals surface area contributed by atoms with Crippen molar-refractivity contribution in [1.29, 1.82) is 0 Å². The Morgan fingerprint density at radius 1 is 0.385 bits per heavy atom. The molecule has 6 heteroatoms. The van der Waals surface area contributed by atoms with Gasteiger partial charge in [0.1, 0.15) is 11.3 Å². The Morgan fingerprint density at radius 3 is 1.56 bits per heavy atom. The molecule has 244 valence electrons. The molecule has 0 aliphatic rings. The Balaban J connectivity index is 1.13. The second-order valence-corrected chi connectivity index (χ2v) is 12.8. The van der Waals surface area contributed by atoms with Crippen LogP contribution < -0.4 is 0 Å². The summed E-state index contributed by atoms with van der Waals surface area (Å²) < 4.78 is 20.4. The molecule has 10 aromatic rings. The summed E-state index contributed by atoms with van der Waals surface area (Å²) in [4.78, 5) is 19.6. The molecule has 0 radical (unpaired) electrons. The van der Waals surface area contributed by atoms with E-state index in [-0.39, 0.29) is 5.82 Å². The van der Waals surface area contributed by atoms with Crippen LogP contribution in [0.15, 0.2) is 168 Å². The molecule has 0 N–H and O–H groups in total. The Morgan fingerprint density at radius 2 is 0.885 bits per heavy atom. The fraction of sp³-hybridized carbons (Fsp3) is 0. The van der Waals surface area contributed by atoms with Crippen molar-refractivity contribution in [2.45, 2.75) is 0 Å². The number of hydrogen-bond donors (Lipinski definition) is 0. The molecule has 8 aromatic carbocycles. The van der Waals surface area contributed by atoms with Gasteiger partial charge in [0.2, 0.25) is 5.89 Å². The highest BCUT2D eigenvalue weighted by atomic mass is 19.1. The molecule has 0 saturated heterocycles. The molecule has 0 spiro atoms. The van der Waals surface area contributed by atoms with Crippen LogP contribution in [0.4, 0.5) is 4.39 Å². The highest BCUT2D eigenvalue weighted by molar-refractivity contribution is 6.26. The molecule has 0 unspecified atom stereocenters. The Kier molecular flexibility index (Phi) is 6.93. The van der Waals surface area contributed by atoms with Crippen LogP contribution in [0.25, 0.3) is 100 Å². The van der Waals surface area contributed by atoms with E-state index < -0.39 is 0 Å². The van der Waals surface area contributed by atoms with Crippen LogP contribution in [0.2, 0.25) is 0 Å². The van der Waals surface area contributed by atoms with Gasteiger partial charge >= 0.3 is 0 Å². The maximum Gasteiger partial charge on any atom is 0.227 e. The summed E-state index contributed by atoms with van der Waals surface area (Å²) in [5, 5.41) is 6.44. The fourth-order valence-electron chi connectivity index (χ4n) is 7.00. The standard InChI is InChI=1S/C46H27FN4O/c47-37-23-19-33(20-24-37)44-49-43(32-16-11-29(12-17-32)28-7-3-1-4-8-28)50-45(51-44)36-21-25-38-35(27-36)18-15-30-13-14-31-22-26-39-42(41(31)40(30)38)52-46(48-39)34-9-5-2-6-10-34/h1-27H. The van der Waals surface area contributed by atoms with Gasteiger partial charge in [-0.1, -0.05) is 115 Å². The van der Waals surface area contributed by atoms with E-state index in [1.54, 1.807) is 12.1 Å². The molecule has 52 heavy (non-hydrogen) atoms. The van der Waals surface area contributed by atoms with Crippen molar-refractivity contribution in [3.63, 3.8) is 0 Å². The zero-order chi connectivity index (χ0) is 34.6. The van der Waals surface area contributed by atoms with Crippen molar-refractivity contribution < 1.29 is 8.81 Å². The van der Waals surface area contributed by atoms with Crippen molar-refractivity contribution in [1.82, 2.24) is 19.9 Å². The first-order valence-corrected chi connectivity index (χ1v) is 17.1. The Labute approximate surface area is 297 Å². The van der Waals surface area contributed by atoms with E-state index in [0.717, 1.165) is 71.2 Å². The van der Waals surface area contributed by atoms with E-state index in [9.17, 15) is 4.39 Å². The number of hydrogen-bond acceptors (Lipinski definition) is 5. The lowest BCUT2D eigenvalue weighted by Crippen LogP contribution is -2.00. The number of aromatic nitrogens is 4. The van der Waals surface area contributed by atoms with E-state index >= 15 is 0 Å². The molecular weight excluding hydrogens is 644 g/mol. The number of fused-ring (bicyclic) bond motifs is 7. The minimum absolute atomic E-state index is 0.317. The average Bonchev–Trinajstić information content (AvgIpc) is 3.66. The van der Waals surface area contributed by atoms with Crippen LogP contribution >= 0.6 is 0 Å². The van der Waals surface area contributed by atoms with Crippen LogP contribution in [-0.4, -0.2) is 19.9 Å². The van der Waals surface area contributed by atoms with Gasteiger partial charge in [-0.2, -0.15) is 0 Å². The number of benzene rings is 8. The maximum absolute atomic E-state index is 13.9. The molecule has 2 aromatic heterocycles. The van der Waals surface area contributed by atoms with Crippen molar-refractivity contribution in [3.05, 3.63) is 170 Å². The summed E-state index contributed by atoms with van der Waals surface area (Å²) in [6.07, 6.45) is 0. The van der Waals surface area contributed by atoms with Crippen molar-refractivity contribution >= 4 is 43.4 Å². The van der Waals surface area contributed by atoms with E-state index in [0.29, 0.717) is 28.9 Å². The minimum Gasteiger partial charge on any atom is -0.435 e. The molecule has 5 nitrogen and oxygen atoms in total. The van der Waals surface area contributed by atoms with Gasteiger partial charge in [-0.05, 0) is 81.2 Å². The normalized spacial score (nSPS) is 11.6. The lowest BCUT2D eigenvalue weighted by Gasteiger charge is -2.11. The van der Waals surface area contributed by atoms with Crippen molar-refractivity contribution in [2.24, 2.45) is 0 Å². The number of halogens is 1. The Hall–Kier alpha value is -7.05. The van der Waals surface area contributed by atoms with Crippen LogP contribution in [0.3, 0.4) is 0 Å². The summed E-state index contributed by atoms with van der Waals surface area (Å²) >= 11 is 0. The molecule has 0 bridgehead atoms. The van der Waals surface area contributed by atoms with Crippen LogP contribution in [0.1, 0.15) is 0 Å². The maximum atomic E-state index is 13.9. The predicted molar refractivity (Wildman–Crippen MR) is 207 cm³/mol. The van der Waals surface area contributed by atoms with Crippen LogP contribution in [0, 0.1) is 5.82 Å². The quantitative estimate of drug-likeness (QED) is 0.171. The average molecular weight is 671 g/mol. The summed E-state index contributed by atoms with van der Waals surface area (Å²) in [7, 11) is 0. The molecule has 0 fully saturated rings. The molecule has 10 rings (SSSR count). The monoisotopic (exact) mass is 670 g/mol. The van der Waals surface area contributed by atoms with Gasteiger partial charge < -0.3 is 4.42 Å². The van der Waals surface area contributed by atoms with Crippen LogP contribution in [0.5, 0.6) is 0 Å². The largest absolute Gasteiger partial charge is 0.435 e. The molecule has 0 amide bonds. The zero-order valence-electron chi connectivity index (χ0n) is 27.7. The van der Waals surface area contributed by atoms with E-state index in [4.69, 9.17) is 24.4 Å². The first-order valence-electron chi connectivity index (χ1n) is 17.1. The smallest absolute Gasteiger partial charge is 0.227 e. The molecule has 0 atom stereocenters. The molecule has 0 aliphatic carbocycles. The summed E-state index contributed by atoms with van der Waals surface area (Å²) in [6.45, 7) is 0. The third kappa shape index (κ3) is 5.17. The first kappa shape index (κ1) is 29.8. The first-order chi connectivity index (χ1) is 25.6. The van der Waals surface area contributed by atoms with E-state index in [1.807, 2.05) is 66.7 Å². The fourth-order valence-corrected chi connectivity index (χ4v) is 7.00. The molecule has 0 aliphatic heterocycles. The topological polar surface area (TPSA) is 64.7 Å². The zero-order valence-corrected chi connectivity index (χ0v) is 27.7. The number of rotatable bonds is 5. The van der Waals surface area contributed by atoms with Gasteiger partial charge in [0.25, 0.3) is 0 Å². The van der Waals surface area contributed by atoms with Crippen molar-refractivity contribution in [3.8, 4) is 56.7 Å². The summed E-state index contributed by atoms with van der Waals surface area (Å²) in [5.74, 6) is 1.82. The second-order valence-electron chi connectivity index (χ2n) is 12.8. The third-order valence-electron chi connectivity index (χ3n) is 9.60. The number of oxazole rings is 1. The molecular formula is C46H27FN4O. The SMILES string of the molecule is Fc1ccc(-c2nc(-c3ccc(-c4ccccc4)cc3)nc(-c3ccc4c(ccc5ccc6ccc7nc(-c8ccccc8)oc7c6c54)c3)n2)cc1. The van der Waals surface area contributed by atoms with Gasteiger partial charge in [-0.25, -0.2) is 24.3 Å². The van der Waals surface area contributed by atoms with Gasteiger partial charge in [-0.3, -0.25) is 0 Å². The third-order valence-corrected chi connectivity index (χ3v) is 9.60. The summed E-state index contributed by atoms with van der Waals surface area (Å²) in [5.41, 5.74) is 7.16. The second kappa shape index (κ2) is 12.1. The number of nitrogens with zero attached hydrogens (tertiary/aromatic N) is 4. The Bertz CT molecular complexity index is 2940. The molecule has 0 saturated carbocycles. The highest BCUT2D eigenvalue weighted by Gasteiger charge is 2.17. The lowest BCUT2D eigenvalue weighted by molar-refractivity contribution is 0.623. The molecule has 2 heterocycles. The van der Waals surface area contributed by atoms with Gasteiger partial charge in [0.05, 0.1) is 0 Å².